The van der Waals surface area contributed by atoms with Crippen molar-refractivity contribution >= 4 is 5.97 Å². The van der Waals surface area contributed by atoms with Crippen molar-refractivity contribution in [1.29, 1.82) is 0 Å². The number of hydrogen-bond acceptors (Lipinski definition) is 5. The zero-order valence-electron chi connectivity index (χ0n) is 9.92. The fourth-order valence-corrected chi connectivity index (χ4v) is 1.36. The van der Waals surface area contributed by atoms with Crippen molar-refractivity contribution in [3.8, 4) is 5.82 Å². The molecule has 94 valence electrons. The number of aryl methyl sites for hydroxylation is 1. The highest BCUT2D eigenvalue weighted by atomic mass is 19.1. The Hall–Kier alpha value is -2.31. The van der Waals surface area contributed by atoms with Gasteiger partial charge in [0, 0.05) is 6.20 Å². The minimum Gasteiger partial charge on any atom is -0.462 e. The van der Waals surface area contributed by atoms with Crippen molar-refractivity contribution in [2.45, 2.75) is 13.8 Å². The SMILES string of the molecule is CCOC(=O)c1cnn(-c2ncnc(C)c2F)c1. The number of hydrogen-bond donors (Lipinski definition) is 0. The molecule has 0 amide bonds. The van der Waals surface area contributed by atoms with Crippen molar-refractivity contribution in [3.05, 3.63) is 35.8 Å². The van der Waals surface area contributed by atoms with Crippen molar-refractivity contribution in [1.82, 2.24) is 19.7 Å². The minimum absolute atomic E-state index is 0.00181. The molecule has 0 N–H and O–H groups in total. The Kier molecular flexibility index (Phi) is 3.31. The molecule has 2 rings (SSSR count). The average molecular weight is 250 g/mol. The number of halogens is 1. The molecule has 0 fully saturated rings. The summed E-state index contributed by atoms with van der Waals surface area (Å²) in [6, 6.07) is 0. The molecule has 2 aromatic rings. The molecule has 18 heavy (non-hydrogen) atoms. The Balaban J connectivity index is 2.35. The lowest BCUT2D eigenvalue weighted by Crippen LogP contribution is -2.05. The van der Waals surface area contributed by atoms with Gasteiger partial charge >= 0.3 is 5.97 Å². The van der Waals surface area contributed by atoms with Crippen LogP contribution in [0.15, 0.2) is 18.7 Å². The topological polar surface area (TPSA) is 69.9 Å². The number of nitrogens with zero attached hydrogens (tertiary/aromatic N) is 4. The summed E-state index contributed by atoms with van der Waals surface area (Å²) in [5.74, 6) is -1.08. The number of carbonyl (C=O) groups excluding carboxylic acids is 1. The summed E-state index contributed by atoms with van der Waals surface area (Å²) in [5, 5.41) is 3.88. The Morgan fingerprint density at radius 3 is 3.00 bits per heavy atom. The summed E-state index contributed by atoms with van der Waals surface area (Å²) in [4.78, 5) is 18.9. The molecule has 6 nitrogen and oxygen atoms in total. The van der Waals surface area contributed by atoms with Gasteiger partial charge < -0.3 is 4.74 Å². The van der Waals surface area contributed by atoms with E-state index in [0.29, 0.717) is 0 Å². The van der Waals surface area contributed by atoms with E-state index < -0.39 is 11.8 Å². The van der Waals surface area contributed by atoms with E-state index >= 15 is 0 Å². The van der Waals surface area contributed by atoms with E-state index in [-0.39, 0.29) is 23.7 Å². The molecule has 0 aliphatic heterocycles. The molecule has 0 saturated heterocycles. The van der Waals surface area contributed by atoms with Crippen molar-refractivity contribution in [2.75, 3.05) is 6.61 Å². The second kappa shape index (κ2) is 4.91. The second-order valence-corrected chi connectivity index (χ2v) is 3.49. The van der Waals surface area contributed by atoms with E-state index in [9.17, 15) is 9.18 Å². The molecule has 0 spiro atoms. The van der Waals surface area contributed by atoms with Crippen LogP contribution >= 0.6 is 0 Å². The first-order chi connectivity index (χ1) is 8.63. The van der Waals surface area contributed by atoms with E-state index in [4.69, 9.17) is 4.74 Å². The van der Waals surface area contributed by atoms with Gasteiger partial charge in [0.15, 0.2) is 11.6 Å². The fraction of sp³-hybridized carbons (Fsp3) is 0.273. The van der Waals surface area contributed by atoms with Crippen LogP contribution < -0.4 is 0 Å². The molecule has 0 unspecified atom stereocenters. The summed E-state index contributed by atoms with van der Waals surface area (Å²) in [5.41, 5.74) is 0.459. The first kappa shape index (κ1) is 12.2. The Morgan fingerprint density at radius 2 is 2.28 bits per heavy atom. The van der Waals surface area contributed by atoms with Crippen LogP contribution in [0.2, 0.25) is 0 Å². The highest BCUT2D eigenvalue weighted by molar-refractivity contribution is 5.88. The van der Waals surface area contributed by atoms with Gasteiger partial charge in [-0.15, -0.1) is 0 Å². The van der Waals surface area contributed by atoms with Gasteiger partial charge in [-0.1, -0.05) is 0 Å². The van der Waals surface area contributed by atoms with Crippen molar-refractivity contribution in [2.24, 2.45) is 0 Å². The van der Waals surface area contributed by atoms with Gasteiger partial charge in [-0.3, -0.25) is 0 Å². The van der Waals surface area contributed by atoms with Crippen LogP contribution in [-0.4, -0.2) is 32.3 Å². The molecule has 2 aromatic heterocycles. The van der Waals surface area contributed by atoms with E-state index in [0.717, 1.165) is 0 Å². The number of rotatable bonds is 3. The van der Waals surface area contributed by atoms with Gasteiger partial charge in [-0.25, -0.2) is 23.8 Å². The lowest BCUT2D eigenvalue weighted by molar-refractivity contribution is 0.0526. The lowest BCUT2D eigenvalue weighted by atomic mass is 10.3. The molecule has 0 atom stereocenters. The van der Waals surface area contributed by atoms with Crippen molar-refractivity contribution < 1.29 is 13.9 Å². The van der Waals surface area contributed by atoms with Crippen LogP contribution in [0.5, 0.6) is 0 Å². The molecule has 0 aromatic carbocycles. The summed E-state index contributed by atoms with van der Waals surface area (Å²) in [7, 11) is 0. The van der Waals surface area contributed by atoms with E-state index in [1.54, 1.807) is 6.92 Å². The standard InChI is InChI=1S/C11H11FN4O2/c1-3-18-11(17)8-4-15-16(5-8)10-9(12)7(2)13-6-14-10/h4-6H,3H2,1-2H3. The van der Waals surface area contributed by atoms with E-state index in [2.05, 4.69) is 15.1 Å². The lowest BCUT2D eigenvalue weighted by Gasteiger charge is -2.02. The van der Waals surface area contributed by atoms with Crippen LogP contribution in [0.4, 0.5) is 4.39 Å². The number of esters is 1. The zero-order valence-corrected chi connectivity index (χ0v) is 9.92. The van der Waals surface area contributed by atoms with Crippen LogP contribution in [-0.2, 0) is 4.74 Å². The predicted octanol–water partition coefficient (Wildman–Crippen LogP) is 1.29. The van der Waals surface area contributed by atoms with Gasteiger partial charge in [-0.05, 0) is 13.8 Å². The third-order valence-corrected chi connectivity index (χ3v) is 2.26. The largest absolute Gasteiger partial charge is 0.462 e. The number of ether oxygens (including phenoxy) is 1. The summed E-state index contributed by atoms with van der Waals surface area (Å²) in [6.45, 7) is 3.50. The first-order valence-electron chi connectivity index (χ1n) is 5.32. The molecular formula is C11H11FN4O2. The summed E-state index contributed by atoms with van der Waals surface area (Å²) >= 11 is 0. The molecule has 7 heteroatoms. The van der Waals surface area contributed by atoms with Crippen LogP contribution in [0, 0.1) is 12.7 Å². The maximum absolute atomic E-state index is 13.7. The maximum Gasteiger partial charge on any atom is 0.341 e. The Morgan fingerprint density at radius 1 is 1.50 bits per heavy atom. The monoisotopic (exact) mass is 250 g/mol. The highest BCUT2D eigenvalue weighted by Gasteiger charge is 2.14. The third-order valence-electron chi connectivity index (χ3n) is 2.26. The van der Waals surface area contributed by atoms with Crippen molar-refractivity contribution in [3.63, 3.8) is 0 Å². The minimum atomic E-state index is -0.573. The molecule has 0 aliphatic rings. The smallest absolute Gasteiger partial charge is 0.341 e. The zero-order chi connectivity index (χ0) is 13.1. The van der Waals surface area contributed by atoms with Gasteiger partial charge in [0.25, 0.3) is 0 Å². The summed E-state index contributed by atoms with van der Waals surface area (Å²) < 4.78 is 19.7. The normalized spacial score (nSPS) is 10.4. The quantitative estimate of drug-likeness (QED) is 0.767. The predicted molar refractivity (Wildman–Crippen MR) is 59.8 cm³/mol. The summed E-state index contributed by atoms with van der Waals surface area (Å²) in [6.07, 6.45) is 3.90. The van der Waals surface area contributed by atoms with Gasteiger partial charge in [0.05, 0.1) is 24.1 Å². The van der Waals surface area contributed by atoms with Gasteiger partial charge in [-0.2, -0.15) is 5.10 Å². The molecule has 0 bridgehead atoms. The molecule has 0 aliphatic carbocycles. The molecule has 0 radical (unpaired) electrons. The highest BCUT2D eigenvalue weighted by Crippen LogP contribution is 2.12. The number of carbonyl (C=O) groups is 1. The molecular weight excluding hydrogens is 239 g/mol. The molecule has 2 heterocycles. The van der Waals surface area contributed by atoms with Gasteiger partial charge in [0.2, 0.25) is 0 Å². The maximum atomic E-state index is 13.7. The fourth-order valence-electron chi connectivity index (χ4n) is 1.36. The van der Waals surface area contributed by atoms with Crippen LogP contribution in [0.1, 0.15) is 23.0 Å². The number of aromatic nitrogens is 4. The average Bonchev–Trinajstić information content (AvgIpc) is 2.82. The Labute approximate surface area is 102 Å². The van der Waals surface area contributed by atoms with Crippen LogP contribution in [0.25, 0.3) is 5.82 Å². The second-order valence-electron chi connectivity index (χ2n) is 3.49. The van der Waals surface area contributed by atoms with Crippen LogP contribution in [0.3, 0.4) is 0 Å². The Bertz CT molecular complexity index is 582. The molecule has 0 saturated carbocycles. The van der Waals surface area contributed by atoms with Gasteiger partial charge in [0.1, 0.15) is 6.33 Å². The first-order valence-corrected chi connectivity index (χ1v) is 5.32. The van der Waals surface area contributed by atoms with E-state index in [1.165, 1.54) is 30.3 Å². The third kappa shape index (κ3) is 2.20. The van der Waals surface area contributed by atoms with E-state index in [1.807, 2.05) is 0 Å².